The highest BCUT2D eigenvalue weighted by molar-refractivity contribution is 9.10. The average Bonchev–Trinajstić information content (AvgIpc) is 2.57. The smallest absolute Gasteiger partial charge is 0.0871 e. The van der Waals surface area contributed by atoms with Crippen molar-refractivity contribution in [2.75, 3.05) is 6.54 Å². The molecule has 0 fully saturated rings. The van der Waals surface area contributed by atoms with Crippen molar-refractivity contribution in [1.29, 1.82) is 5.26 Å². The van der Waals surface area contributed by atoms with Crippen LogP contribution in [-0.4, -0.2) is 11.4 Å². The molecule has 0 saturated carbocycles. The van der Waals surface area contributed by atoms with Crippen LogP contribution < -0.4 is 0 Å². The van der Waals surface area contributed by atoms with E-state index in [1.165, 1.54) is 21.9 Å². The maximum atomic E-state index is 9.11. The molecule has 3 heteroatoms. The van der Waals surface area contributed by atoms with Crippen LogP contribution in [0.3, 0.4) is 0 Å². The lowest BCUT2D eigenvalue weighted by molar-refractivity contribution is 0.289. The monoisotopic (exact) mass is 364 g/mol. The number of hydrogen-bond acceptors (Lipinski definition) is 2. The van der Waals surface area contributed by atoms with Gasteiger partial charge in [0.05, 0.1) is 12.6 Å². The predicted molar refractivity (Wildman–Crippen MR) is 97.8 cm³/mol. The van der Waals surface area contributed by atoms with Crippen molar-refractivity contribution >= 4 is 26.7 Å². The summed E-state index contributed by atoms with van der Waals surface area (Å²) in [6.07, 6.45) is 0. The van der Waals surface area contributed by atoms with Crippen LogP contribution in [-0.2, 0) is 13.1 Å². The minimum Gasteiger partial charge on any atom is -0.282 e. The van der Waals surface area contributed by atoms with Gasteiger partial charge >= 0.3 is 0 Å². The van der Waals surface area contributed by atoms with Gasteiger partial charge in [-0.3, -0.25) is 4.90 Å². The molecule has 0 atom stereocenters. The molecule has 0 unspecified atom stereocenters. The second-order valence-corrected chi connectivity index (χ2v) is 6.53. The van der Waals surface area contributed by atoms with Gasteiger partial charge in [0.15, 0.2) is 0 Å². The first-order valence-electron chi connectivity index (χ1n) is 7.56. The first-order valence-corrected chi connectivity index (χ1v) is 8.35. The Morgan fingerprint density at radius 2 is 1.48 bits per heavy atom. The van der Waals surface area contributed by atoms with Crippen molar-refractivity contribution in [3.8, 4) is 6.07 Å². The van der Waals surface area contributed by atoms with Gasteiger partial charge in [0.1, 0.15) is 0 Å². The Hall–Kier alpha value is -2.15. The van der Waals surface area contributed by atoms with E-state index in [0.29, 0.717) is 6.54 Å². The number of nitriles is 1. The van der Waals surface area contributed by atoms with E-state index in [1.807, 2.05) is 12.1 Å². The Bertz CT molecular complexity index is 834. The summed E-state index contributed by atoms with van der Waals surface area (Å²) in [6, 6.07) is 25.4. The third-order valence-corrected chi connectivity index (χ3v) is 4.36. The fraction of sp³-hybridized carbons (Fsp3) is 0.150. The number of benzene rings is 3. The highest BCUT2D eigenvalue weighted by atomic mass is 79.9. The molecule has 0 spiro atoms. The number of nitrogens with zero attached hydrogens (tertiary/aromatic N) is 2. The van der Waals surface area contributed by atoms with Crippen molar-refractivity contribution in [3.63, 3.8) is 0 Å². The zero-order chi connectivity index (χ0) is 16.1. The minimum atomic E-state index is 0.420. The Labute approximate surface area is 145 Å². The van der Waals surface area contributed by atoms with Crippen molar-refractivity contribution in [1.82, 2.24) is 4.90 Å². The third kappa shape index (κ3) is 4.19. The van der Waals surface area contributed by atoms with E-state index in [-0.39, 0.29) is 0 Å². The summed E-state index contributed by atoms with van der Waals surface area (Å²) in [4.78, 5) is 2.16. The summed E-state index contributed by atoms with van der Waals surface area (Å²) >= 11 is 3.45. The molecule has 0 aliphatic carbocycles. The van der Waals surface area contributed by atoms with Gasteiger partial charge in [-0.05, 0) is 40.1 Å². The summed E-state index contributed by atoms with van der Waals surface area (Å²) < 4.78 is 1.07. The molecule has 114 valence electrons. The Morgan fingerprint density at radius 1 is 0.826 bits per heavy atom. The SMILES string of the molecule is N#CCN(Cc1ccc(Br)cc1)Cc1ccc2ccccc2c1. The van der Waals surface area contributed by atoms with Crippen molar-refractivity contribution in [3.05, 3.63) is 82.3 Å². The van der Waals surface area contributed by atoms with Crippen LogP contribution >= 0.6 is 15.9 Å². The van der Waals surface area contributed by atoms with E-state index in [1.54, 1.807) is 0 Å². The second-order valence-electron chi connectivity index (χ2n) is 5.61. The molecule has 23 heavy (non-hydrogen) atoms. The van der Waals surface area contributed by atoms with E-state index in [9.17, 15) is 0 Å². The number of fused-ring (bicyclic) bond motifs is 1. The van der Waals surface area contributed by atoms with Gasteiger partial charge < -0.3 is 0 Å². The average molecular weight is 365 g/mol. The summed E-state index contributed by atoms with van der Waals surface area (Å²) in [5.74, 6) is 0. The molecule has 0 amide bonds. The number of halogens is 1. The van der Waals surface area contributed by atoms with Gasteiger partial charge in [0.2, 0.25) is 0 Å². The zero-order valence-electron chi connectivity index (χ0n) is 12.7. The molecule has 3 aromatic rings. The second kappa shape index (κ2) is 7.41. The minimum absolute atomic E-state index is 0.420. The molecule has 0 aliphatic heterocycles. The molecule has 3 rings (SSSR count). The maximum Gasteiger partial charge on any atom is 0.0871 e. The standard InChI is InChI=1S/C20H17BrN2/c21-20-9-6-16(7-10-20)14-23(12-11-22)15-17-5-8-18-3-1-2-4-19(18)13-17/h1-10,13H,12,14-15H2. The van der Waals surface area contributed by atoms with Gasteiger partial charge in [-0.2, -0.15) is 5.26 Å². The first-order chi connectivity index (χ1) is 11.2. The van der Waals surface area contributed by atoms with Gasteiger partial charge in [0.25, 0.3) is 0 Å². The third-order valence-electron chi connectivity index (χ3n) is 3.83. The molecular weight excluding hydrogens is 348 g/mol. The van der Waals surface area contributed by atoms with Crippen molar-refractivity contribution < 1.29 is 0 Å². The predicted octanol–water partition coefficient (Wildman–Crippen LogP) is 5.13. The largest absolute Gasteiger partial charge is 0.282 e. The quantitative estimate of drug-likeness (QED) is 0.586. The Kier molecular flexibility index (Phi) is 5.07. The Morgan fingerprint density at radius 3 is 2.22 bits per heavy atom. The summed E-state index contributed by atoms with van der Waals surface area (Å²) in [6.45, 7) is 1.96. The van der Waals surface area contributed by atoms with Crippen LogP contribution in [0.4, 0.5) is 0 Å². The van der Waals surface area contributed by atoms with E-state index < -0.39 is 0 Å². The Balaban J connectivity index is 1.77. The lowest BCUT2D eigenvalue weighted by Crippen LogP contribution is -2.23. The van der Waals surface area contributed by atoms with Crippen LogP contribution in [0.15, 0.2) is 71.2 Å². The summed E-state index contributed by atoms with van der Waals surface area (Å²) in [5, 5.41) is 11.6. The van der Waals surface area contributed by atoms with Crippen molar-refractivity contribution in [2.45, 2.75) is 13.1 Å². The number of hydrogen-bond donors (Lipinski definition) is 0. The molecule has 0 radical (unpaired) electrons. The topological polar surface area (TPSA) is 27.0 Å². The van der Waals surface area contributed by atoms with E-state index in [4.69, 9.17) is 5.26 Å². The lowest BCUT2D eigenvalue weighted by atomic mass is 10.1. The molecular formula is C20H17BrN2. The van der Waals surface area contributed by atoms with Crippen LogP contribution in [0, 0.1) is 11.3 Å². The molecule has 3 aromatic carbocycles. The maximum absolute atomic E-state index is 9.11. The highest BCUT2D eigenvalue weighted by Crippen LogP contribution is 2.18. The van der Waals surface area contributed by atoms with Crippen LogP contribution in [0.25, 0.3) is 10.8 Å². The zero-order valence-corrected chi connectivity index (χ0v) is 14.3. The number of rotatable bonds is 5. The summed E-state index contributed by atoms with van der Waals surface area (Å²) in [5.41, 5.74) is 2.44. The lowest BCUT2D eigenvalue weighted by Gasteiger charge is -2.19. The molecule has 0 aliphatic rings. The van der Waals surface area contributed by atoms with Gasteiger partial charge in [-0.15, -0.1) is 0 Å². The van der Waals surface area contributed by atoms with Gasteiger partial charge in [0, 0.05) is 17.6 Å². The normalized spacial score (nSPS) is 10.8. The molecule has 0 saturated heterocycles. The molecule has 0 heterocycles. The van der Waals surface area contributed by atoms with Gasteiger partial charge in [-0.1, -0.05) is 64.5 Å². The van der Waals surface area contributed by atoms with Crippen LogP contribution in [0.2, 0.25) is 0 Å². The fourth-order valence-electron chi connectivity index (χ4n) is 2.71. The van der Waals surface area contributed by atoms with Gasteiger partial charge in [-0.25, -0.2) is 0 Å². The molecule has 0 N–H and O–H groups in total. The molecule has 0 bridgehead atoms. The first kappa shape index (κ1) is 15.7. The summed E-state index contributed by atoms with van der Waals surface area (Å²) in [7, 11) is 0. The van der Waals surface area contributed by atoms with E-state index in [0.717, 1.165) is 17.6 Å². The highest BCUT2D eigenvalue weighted by Gasteiger charge is 2.07. The fourth-order valence-corrected chi connectivity index (χ4v) is 2.98. The van der Waals surface area contributed by atoms with E-state index >= 15 is 0 Å². The molecule has 0 aromatic heterocycles. The van der Waals surface area contributed by atoms with Crippen LogP contribution in [0.5, 0.6) is 0 Å². The molecule has 2 nitrogen and oxygen atoms in total. The van der Waals surface area contributed by atoms with E-state index in [2.05, 4.69) is 81.5 Å². The van der Waals surface area contributed by atoms with Crippen molar-refractivity contribution in [2.24, 2.45) is 0 Å². The van der Waals surface area contributed by atoms with Crippen LogP contribution in [0.1, 0.15) is 11.1 Å².